The van der Waals surface area contributed by atoms with E-state index in [-0.39, 0.29) is 24.2 Å². The number of hydrogen-bond donors (Lipinski definition) is 1. The van der Waals surface area contributed by atoms with Gasteiger partial charge in [0, 0.05) is 25.2 Å². The molecule has 0 spiro atoms. The van der Waals surface area contributed by atoms with Crippen LogP contribution in [0.4, 0.5) is 4.39 Å². The van der Waals surface area contributed by atoms with Crippen LogP contribution in [0.2, 0.25) is 0 Å². The Balaban J connectivity index is 1.78. The average molecular weight is 278 g/mol. The monoisotopic (exact) mass is 278 g/mol. The van der Waals surface area contributed by atoms with Gasteiger partial charge in [0.25, 0.3) is 0 Å². The molecule has 0 radical (unpaired) electrons. The topological polar surface area (TPSA) is 32.3 Å². The summed E-state index contributed by atoms with van der Waals surface area (Å²) in [6, 6.07) is 7.05. The van der Waals surface area contributed by atoms with Crippen LogP contribution in [0.15, 0.2) is 24.3 Å². The summed E-state index contributed by atoms with van der Waals surface area (Å²) in [4.78, 5) is 14.4. The molecule has 1 aliphatic rings. The first kappa shape index (κ1) is 15.0. The maximum atomic E-state index is 13.1. The molecule has 1 saturated heterocycles. The van der Waals surface area contributed by atoms with Crippen LogP contribution in [0.3, 0.4) is 0 Å². The summed E-state index contributed by atoms with van der Waals surface area (Å²) in [6.45, 7) is 6.46. The third kappa shape index (κ3) is 4.30. The fourth-order valence-electron chi connectivity index (χ4n) is 2.67. The van der Waals surface area contributed by atoms with Crippen molar-refractivity contribution in [1.29, 1.82) is 0 Å². The molecule has 3 nitrogen and oxygen atoms in total. The molecule has 20 heavy (non-hydrogen) atoms. The highest BCUT2D eigenvalue weighted by Gasteiger charge is 2.21. The number of nitrogens with one attached hydrogen (secondary N) is 1. The molecule has 1 aromatic rings. The predicted molar refractivity (Wildman–Crippen MR) is 78.0 cm³/mol. The van der Waals surface area contributed by atoms with Crippen molar-refractivity contribution in [2.45, 2.75) is 45.2 Å². The lowest BCUT2D eigenvalue weighted by atomic mass is 10.0. The van der Waals surface area contributed by atoms with E-state index in [4.69, 9.17) is 0 Å². The lowest BCUT2D eigenvalue weighted by molar-refractivity contribution is -0.121. The molecule has 1 aliphatic heterocycles. The highest BCUT2D eigenvalue weighted by atomic mass is 19.1. The molecule has 1 N–H and O–H groups in total. The molecule has 0 bridgehead atoms. The lowest BCUT2D eigenvalue weighted by Crippen LogP contribution is -2.46. The van der Waals surface area contributed by atoms with E-state index in [9.17, 15) is 9.18 Å². The smallest absolute Gasteiger partial charge is 0.224 e. The molecule has 0 atom stereocenters. The van der Waals surface area contributed by atoms with Crippen LogP contribution in [0.5, 0.6) is 0 Å². The number of rotatable bonds is 4. The Morgan fingerprint density at radius 3 is 2.70 bits per heavy atom. The van der Waals surface area contributed by atoms with Crippen LogP contribution < -0.4 is 5.32 Å². The minimum Gasteiger partial charge on any atom is -0.353 e. The quantitative estimate of drug-likeness (QED) is 0.917. The van der Waals surface area contributed by atoms with Crippen LogP contribution in [-0.4, -0.2) is 36.0 Å². The summed E-state index contributed by atoms with van der Waals surface area (Å²) >= 11 is 0. The van der Waals surface area contributed by atoms with Crippen molar-refractivity contribution in [3.8, 4) is 0 Å². The van der Waals surface area contributed by atoms with Crippen molar-refractivity contribution in [1.82, 2.24) is 10.2 Å². The van der Waals surface area contributed by atoms with Gasteiger partial charge in [0.1, 0.15) is 5.82 Å². The van der Waals surface area contributed by atoms with Gasteiger partial charge in [0.05, 0.1) is 6.42 Å². The summed E-state index contributed by atoms with van der Waals surface area (Å²) < 4.78 is 13.1. The van der Waals surface area contributed by atoms with E-state index in [1.807, 2.05) is 0 Å². The third-order valence-electron chi connectivity index (χ3n) is 3.88. The lowest BCUT2D eigenvalue weighted by Gasteiger charge is -2.34. The second-order valence-electron chi connectivity index (χ2n) is 5.78. The van der Waals surface area contributed by atoms with Crippen LogP contribution in [0.25, 0.3) is 0 Å². The Kier molecular flexibility index (Phi) is 5.12. The van der Waals surface area contributed by atoms with E-state index in [1.165, 1.54) is 12.1 Å². The van der Waals surface area contributed by atoms with E-state index in [0.717, 1.165) is 31.5 Å². The summed E-state index contributed by atoms with van der Waals surface area (Å²) in [6.07, 6.45) is 2.24. The normalized spacial score (nSPS) is 17.4. The van der Waals surface area contributed by atoms with Gasteiger partial charge in [0.2, 0.25) is 5.91 Å². The van der Waals surface area contributed by atoms with Gasteiger partial charge in [-0.05, 0) is 44.4 Å². The first-order valence-electron chi connectivity index (χ1n) is 7.32. The minimum atomic E-state index is -0.291. The largest absolute Gasteiger partial charge is 0.353 e. The van der Waals surface area contributed by atoms with Gasteiger partial charge in [-0.25, -0.2) is 4.39 Å². The van der Waals surface area contributed by atoms with Crippen molar-refractivity contribution in [2.75, 3.05) is 13.1 Å². The Labute approximate surface area is 120 Å². The standard InChI is InChI=1S/C16H23FN2O/c1-12(2)19-8-6-15(7-9-19)18-16(20)11-13-4-3-5-14(17)10-13/h3-5,10,12,15H,6-9,11H2,1-2H3,(H,18,20). The fraction of sp³-hybridized carbons (Fsp3) is 0.562. The van der Waals surface area contributed by atoms with Gasteiger partial charge in [0.15, 0.2) is 0 Å². The molecule has 0 unspecified atom stereocenters. The maximum Gasteiger partial charge on any atom is 0.224 e. The maximum absolute atomic E-state index is 13.1. The number of carbonyl (C=O) groups excluding carboxylic acids is 1. The number of hydrogen-bond acceptors (Lipinski definition) is 2. The zero-order valence-electron chi connectivity index (χ0n) is 12.2. The molecule has 0 saturated carbocycles. The number of piperidine rings is 1. The van der Waals surface area contributed by atoms with Gasteiger partial charge in [-0.2, -0.15) is 0 Å². The van der Waals surface area contributed by atoms with Crippen LogP contribution in [0.1, 0.15) is 32.3 Å². The Bertz CT molecular complexity index is 454. The zero-order valence-corrected chi connectivity index (χ0v) is 12.2. The minimum absolute atomic E-state index is 0.0152. The molecule has 0 aliphatic carbocycles. The van der Waals surface area contributed by atoms with Crippen molar-refractivity contribution in [3.05, 3.63) is 35.6 Å². The molecule has 2 rings (SSSR count). The summed E-state index contributed by atoms with van der Waals surface area (Å²) in [7, 11) is 0. The molecule has 4 heteroatoms. The van der Waals surface area contributed by atoms with Gasteiger partial charge in [-0.1, -0.05) is 12.1 Å². The SMILES string of the molecule is CC(C)N1CCC(NC(=O)Cc2cccc(F)c2)CC1. The average Bonchev–Trinajstić information content (AvgIpc) is 2.39. The molecule has 1 heterocycles. The van der Waals surface area contributed by atoms with E-state index < -0.39 is 0 Å². The molecule has 1 aromatic carbocycles. The first-order valence-corrected chi connectivity index (χ1v) is 7.32. The molecule has 0 aromatic heterocycles. The highest BCUT2D eigenvalue weighted by molar-refractivity contribution is 5.78. The van der Waals surface area contributed by atoms with Gasteiger partial charge in [-0.15, -0.1) is 0 Å². The Morgan fingerprint density at radius 1 is 1.40 bits per heavy atom. The van der Waals surface area contributed by atoms with Gasteiger partial charge >= 0.3 is 0 Å². The van der Waals surface area contributed by atoms with Gasteiger partial charge < -0.3 is 10.2 Å². The summed E-state index contributed by atoms with van der Waals surface area (Å²) in [5.41, 5.74) is 0.724. The Morgan fingerprint density at radius 2 is 2.10 bits per heavy atom. The van der Waals surface area contributed by atoms with E-state index in [2.05, 4.69) is 24.1 Å². The summed E-state index contributed by atoms with van der Waals surface area (Å²) in [5, 5.41) is 3.06. The number of likely N-dealkylation sites (tertiary alicyclic amines) is 1. The second-order valence-corrected chi connectivity index (χ2v) is 5.78. The molecule has 1 amide bonds. The second kappa shape index (κ2) is 6.84. The van der Waals surface area contributed by atoms with Crippen LogP contribution in [0, 0.1) is 5.82 Å². The predicted octanol–water partition coefficient (Wildman–Crippen LogP) is 2.36. The van der Waals surface area contributed by atoms with Crippen LogP contribution >= 0.6 is 0 Å². The highest BCUT2D eigenvalue weighted by Crippen LogP contribution is 2.13. The van der Waals surface area contributed by atoms with Crippen molar-refractivity contribution in [3.63, 3.8) is 0 Å². The third-order valence-corrected chi connectivity index (χ3v) is 3.88. The van der Waals surface area contributed by atoms with Crippen molar-refractivity contribution >= 4 is 5.91 Å². The Hall–Kier alpha value is -1.42. The summed E-state index contributed by atoms with van der Waals surface area (Å²) in [5.74, 6) is -0.306. The number of carbonyl (C=O) groups is 1. The number of amides is 1. The number of benzene rings is 1. The molecule has 110 valence electrons. The van der Waals surface area contributed by atoms with Gasteiger partial charge in [-0.3, -0.25) is 4.79 Å². The van der Waals surface area contributed by atoms with Crippen molar-refractivity contribution in [2.24, 2.45) is 0 Å². The van der Waals surface area contributed by atoms with E-state index in [0.29, 0.717) is 6.04 Å². The first-order chi connectivity index (χ1) is 9.54. The van der Waals surface area contributed by atoms with Crippen molar-refractivity contribution < 1.29 is 9.18 Å². The number of halogens is 1. The molecular formula is C16H23FN2O. The van der Waals surface area contributed by atoms with E-state index >= 15 is 0 Å². The zero-order chi connectivity index (χ0) is 14.5. The van der Waals surface area contributed by atoms with Crippen LogP contribution in [-0.2, 0) is 11.2 Å². The number of nitrogens with zero attached hydrogens (tertiary/aromatic N) is 1. The van der Waals surface area contributed by atoms with E-state index in [1.54, 1.807) is 12.1 Å². The molecule has 1 fully saturated rings. The molecular weight excluding hydrogens is 255 g/mol. The fourth-order valence-corrected chi connectivity index (χ4v) is 2.67.